The lowest BCUT2D eigenvalue weighted by molar-refractivity contribution is -0.137. The Hall–Kier alpha value is -5.03. The normalized spacial score (nSPS) is 19.4. The van der Waals surface area contributed by atoms with E-state index in [1.54, 1.807) is 6.08 Å². The van der Waals surface area contributed by atoms with E-state index >= 15 is 0 Å². The van der Waals surface area contributed by atoms with Gasteiger partial charge in [-0.3, -0.25) is 19.0 Å². The fraction of sp³-hybridized carbons (Fsp3) is 0.150. The predicted molar refractivity (Wildman–Crippen MR) is 206 cm³/mol. The number of fused-ring (bicyclic) bond motifs is 3. The average Bonchev–Trinajstić information content (AvgIpc) is 3.88. The second-order valence-electron chi connectivity index (χ2n) is 12.5. The van der Waals surface area contributed by atoms with Crippen LogP contribution in [0.1, 0.15) is 53.0 Å². The highest BCUT2D eigenvalue weighted by atomic mass is 32.2. The number of anilines is 2. The van der Waals surface area contributed by atoms with E-state index in [1.807, 2.05) is 18.2 Å². The standard InChI is InChI=1S/C40H31N3O4S3/c44-35(45)23-42-38(47)34(49-39(42)36-37(46)41-40(48)50-36)22-25-16-19-33-31(21-25)29-12-7-13-32(29)43(33)28-17-14-24(15-18-28)20-30(26-8-3-1-4-9-26)27-10-5-2-6-11-27/h1-6,8-11,14-22,29,32H,7,12-13,23H2,(H,44,45)(H,41,46,48)/b34-22+,39-36+. The number of carbonyl (C=O) groups is 2. The van der Waals surface area contributed by atoms with Gasteiger partial charge in [0.05, 0.1) is 4.53 Å². The summed E-state index contributed by atoms with van der Waals surface area (Å²) in [6.07, 6.45) is 7.38. The summed E-state index contributed by atoms with van der Waals surface area (Å²) in [6.45, 7) is -0.542. The molecule has 1 amide bonds. The topological polar surface area (TPSA) is 91.6 Å². The molecule has 4 aromatic carbocycles. The van der Waals surface area contributed by atoms with Crippen LogP contribution < -0.4 is 25.0 Å². The molecule has 1 aliphatic carbocycles. The maximum absolute atomic E-state index is 13.5. The number of carbonyl (C=O) groups excluding carboxylic acids is 1. The first-order valence-corrected chi connectivity index (χ1v) is 18.4. The van der Waals surface area contributed by atoms with E-state index < -0.39 is 24.0 Å². The van der Waals surface area contributed by atoms with Gasteiger partial charge in [0.1, 0.15) is 20.4 Å². The van der Waals surface area contributed by atoms with E-state index in [2.05, 4.69) is 101 Å². The molecule has 2 N–H and O–H groups in total. The highest BCUT2D eigenvalue weighted by Gasteiger charge is 2.42. The Morgan fingerprint density at radius 2 is 1.58 bits per heavy atom. The fourth-order valence-electron chi connectivity index (χ4n) is 7.34. The molecule has 2 unspecified atom stereocenters. The highest BCUT2D eigenvalue weighted by molar-refractivity contribution is 8.30. The van der Waals surface area contributed by atoms with Crippen molar-refractivity contribution in [2.45, 2.75) is 37.8 Å². The van der Waals surface area contributed by atoms with Gasteiger partial charge in [-0.15, -0.1) is 11.3 Å². The molecule has 0 radical (unpaired) electrons. The first-order chi connectivity index (χ1) is 24.3. The Balaban J connectivity index is 1.15. The number of nitrogens with zero attached hydrogens (tertiary/aromatic N) is 2. The minimum Gasteiger partial charge on any atom is -0.480 e. The number of nitrogens with one attached hydrogen (secondary N) is 1. The first-order valence-electron chi connectivity index (χ1n) is 16.4. The van der Waals surface area contributed by atoms with Gasteiger partial charge in [-0.2, -0.15) is 0 Å². The van der Waals surface area contributed by atoms with Crippen LogP contribution in [0.25, 0.3) is 22.6 Å². The third-order valence-corrected chi connectivity index (χ3v) is 12.0. The van der Waals surface area contributed by atoms with E-state index in [1.165, 1.54) is 28.0 Å². The van der Waals surface area contributed by atoms with Crippen LogP contribution in [0.15, 0.2) is 108 Å². The maximum atomic E-state index is 13.5. The Bertz CT molecular complexity index is 2340. The zero-order valence-electron chi connectivity index (χ0n) is 26.7. The van der Waals surface area contributed by atoms with Crippen LogP contribution in [0.4, 0.5) is 11.4 Å². The van der Waals surface area contributed by atoms with Gasteiger partial charge in [0.25, 0.3) is 11.5 Å². The molecule has 3 aliphatic rings. The van der Waals surface area contributed by atoms with E-state index in [0.717, 1.165) is 63.7 Å². The summed E-state index contributed by atoms with van der Waals surface area (Å²) in [4.78, 5) is 40.4. The highest BCUT2D eigenvalue weighted by Crippen LogP contribution is 2.52. The minimum atomic E-state index is -1.16. The molecule has 8 rings (SSSR count). The van der Waals surface area contributed by atoms with Crippen molar-refractivity contribution in [1.82, 2.24) is 9.88 Å². The molecule has 0 bridgehead atoms. The summed E-state index contributed by atoms with van der Waals surface area (Å²) in [5.41, 5.74) is 8.64. The van der Waals surface area contributed by atoms with Crippen LogP contribution in [0.2, 0.25) is 0 Å². The maximum Gasteiger partial charge on any atom is 0.323 e. The fourth-order valence-corrected chi connectivity index (χ4v) is 9.65. The lowest BCUT2D eigenvalue weighted by atomic mass is 9.95. The monoisotopic (exact) mass is 713 g/mol. The summed E-state index contributed by atoms with van der Waals surface area (Å²) in [5.74, 6) is -1.21. The Morgan fingerprint density at radius 1 is 0.900 bits per heavy atom. The largest absolute Gasteiger partial charge is 0.480 e. The molecule has 2 aliphatic heterocycles. The van der Waals surface area contributed by atoms with Crippen molar-refractivity contribution >= 4 is 85.5 Å². The number of carboxylic acid groups (broad SMARTS) is 1. The van der Waals surface area contributed by atoms with Crippen LogP contribution in [0, 0.1) is 0 Å². The molecule has 0 spiro atoms. The number of rotatable bonds is 7. The number of carboxylic acids is 1. The third-order valence-electron chi connectivity index (χ3n) is 9.48. The Kier molecular flexibility index (Phi) is 8.60. The van der Waals surface area contributed by atoms with Gasteiger partial charge < -0.3 is 15.3 Å². The first kappa shape index (κ1) is 32.2. The van der Waals surface area contributed by atoms with Gasteiger partial charge in [-0.1, -0.05) is 109 Å². The summed E-state index contributed by atoms with van der Waals surface area (Å²) < 4.78 is 2.10. The van der Waals surface area contributed by atoms with Gasteiger partial charge >= 0.3 is 5.97 Å². The molecular weight excluding hydrogens is 683 g/mol. The number of aliphatic carboxylic acids is 1. The zero-order chi connectivity index (χ0) is 34.4. The van der Waals surface area contributed by atoms with Crippen molar-refractivity contribution in [3.63, 3.8) is 0 Å². The number of thiazole rings is 1. The molecule has 1 aromatic heterocycles. The van der Waals surface area contributed by atoms with E-state index in [9.17, 15) is 19.5 Å². The average molecular weight is 714 g/mol. The van der Waals surface area contributed by atoms with Crippen LogP contribution >= 0.6 is 35.3 Å². The van der Waals surface area contributed by atoms with Crippen molar-refractivity contribution in [2.75, 3.05) is 4.90 Å². The summed E-state index contributed by atoms with van der Waals surface area (Å²) in [5, 5.41) is 12.1. The lowest BCUT2D eigenvalue weighted by Gasteiger charge is -2.27. The van der Waals surface area contributed by atoms with Crippen LogP contribution in [-0.4, -0.2) is 31.9 Å². The molecule has 50 heavy (non-hydrogen) atoms. The van der Waals surface area contributed by atoms with Gasteiger partial charge in [-0.25, -0.2) is 0 Å². The second kappa shape index (κ2) is 13.4. The molecule has 2 fully saturated rings. The number of thioether (sulfide) groups is 1. The molecule has 2 atom stereocenters. The van der Waals surface area contributed by atoms with Crippen molar-refractivity contribution in [2.24, 2.45) is 0 Å². The van der Waals surface area contributed by atoms with Crippen LogP contribution in [0.5, 0.6) is 0 Å². The number of hydrogen-bond acceptors (Lipinski definition) is 7. The van der Waals surface area contributed by atoms with E-state index in [4.69, 9.17) is 12.2 Å². The number of thiocarbonyl (C=S) groups is 1. The van der Waals surface area contributed by atoms with Gasteiger partial charge in [0, 0.05) is 23.3 Å². The van der Waals surface area contributed by atoms with Gasteiger partial charge in [-0.05, 0) is 82.6 Å². The van der Waals surface area contributed by atoms with Crippen molar-refractivity contribution in [3.05, 3.63) is 150 Å². The van der Waals surface area contributed by atoms with Gasteiger partial charge in [0.2, 0.25) is 0 Å². The number of aromatic nitrogens is 1. The van der Waals surface area contributed by atoms with Crippen LogP contribution in [0.3, 0.4) is 0 Å². The molecule has 10 heteroatoms. The third kappa shape index (κ3) is 6.04. The van der Waals surface area contributed by atoms with E-state index in [0.29, 0.717) is 21.2 Å². The summed E-state index contributed by atoms with van der Waals surface area (Å²) in [7, 11) is 0. The molecule has 1 saturated heterocycles. The number of benzene rings is 4. The smallest absolute Gasteiger partial charge is 0.323 e. The lowest BCUT2D eigenvalue weighted by Crippen LogP contribution is -2.35. The zero-order valence-corrected chi connectivity index (χ0v) is 29.2. The molecule has 7 nitrogen and oxygen atoms in total. The van der Waals surface area contributed by atoms with Crippen LogP contribution in [-0.2, 0) is 16.1 Å². The molecule has 5 aromatic rings. The Morgan fingerprint density at radius 3 is 2.22 bits per heavy atom. The minimum absolute atomic E-state index is 0.245. The van der Waals surface area contributed by atoms with E-state index in [-0.39, 0.29) is 9.23 Å². The van der Waals surface area contributed by atoms with Gasteiger partial charge in [0.15, 0.2) is 0 Å². The Labute approximate surface area is 301 Å². The quantitative estimate of drug-likeness (QED) is 0.148. The molecular formula is C40H31N3O4S3. The molecule has 3 heterocycles. The number of hydrogen-bond donors (Lipinski definition) is 2. The van der Waals surface area contributed by atoms with Crippen molar-refractivity contribution in [3.8, 4) is 0 Å². The molecule has 248 valence electrons. The SMILES string of the molecule is O=C(O)Cn1c(=O)/c(=C\c2ccc3c(c2)C2CCCC2N3c2ccc(C=C(c3ccccc3)c3ccccc3)cc2)s/c1=C1/SC(=S)NC1=O. The predicted octanol–water partition coefficient (Wildman–Crippen LogP) is 6.46. The summed E-state index contributed by atoms with van der Waals surface area (Å²) in [6, 6.07) is 36.4. The number of amides is 1. The molecule has 1 saturated carbocycles. The second-order valence-corrected chi connectivity index (χ2v) is 15.3. The van der Waals surface area contributed by atoms with Crippen molar-refractivity contribution in [1.29, 1.82) is 0 Å². The van der Waals surface area contributed by atoms with Crippen molar-refractivity contribution < 1.29 is 14.7 Å². The summed E-state index contributed by atoms with van der Waals surface area (Å²) >= 11 is 7.29.